The third kappa shape index (κ3) is 3.26. The van der Waals surface area contributed by atoms with Gasteiger partial charge in [0, 0.05) is 5.92 Å². The van der Waals surface area contributed by atoms with E-state index in [0.717, 1.165) is 42.1 Å². The highest BCUT2D eigenvalue weighted by Gasteiger charge is 2.61. The van der Waals surface area contributed by atoms with Gasteiger partial charge in [0.25, 0.3) is 0 Å². The van der Waals surface area contributed by atoms with Crippen molar-refractivity contribution in [2.24, 2.45) is 40.4 Å². The first kappa shape index (κ1) is 21.8. The van der Waals surface area contributed by atoms with Crippen molar-refractivity contribution in [2.75, 3.05) is 0 Å². The van der Waals surface area contributed by atoms with Gasteiger partial charge in [0.05, 0.1) is 29.5 Å². The molecule has 1 aromatic heterocycles. The Hall–Kier alpha value is -1.68. The van der Waals surface area contributed by atoms with Gasteiger partial charge in [0.2, 0.25) is 0 Å². The third-order valence-electron chi connectivity index (χ3n) is 11.2. The molecule has 1 N–H and O–H groups in total. The highest BCUT2D eigenvalue weighted by atomic mass is 16.3. The topological polar surface area (TPSA) is 55.1 Å². The lowest BCUT2D eigenvalue weighted by Crippen LogP contribution is -2.55. The molecule has 6 rings (SSSR count). The molecular formula is C29H40N2O2. The van der Waals surface area contributed by atoms with Gasteiger partial charge in [-0.05, 0) is 111 Å². The van der Waals surface area contributed by atoms with E-state index in [1.165, 1.54) is 38.5 Å². The minimum Gasteiger partial charge on any atom is -0.390 e. The number of imidazole rings is 1. The zero-order valence-corrected chi connectivity index (χ0v) is 20.6. The second-order valence-electron chi connectivity index (χ2n) is 12.9. The van der Waals surface area contributed by atoms with Crippen LogP contribution in [-0.2, 0) is 11.3 Å². The molecular weight excluding hydrogens is 408 g/mol. The van der Waals surface area contributed by atoms with Crippen molar-refractivity contribution < 1.29 is 9.90 Å². The maximum Gasteiger partial charge on any atom is 0.156 e. The number of hydrogen-bond acceptors (Lipinski definition) is 3. The summed E-state index contributed by atoms with van der Waals surface area (Å²) in [7, 11) is 0. The van der Waals surface area contributed by atoms with Gasteiger partial charge in [0.15, 0.2) is 5.78 Å². The second-order valence-corrected chi connectivity index (χ2v) is 12.9. The van der Waals surface area contributed by atoms with Gasteiger partial charge in [-0.25, -0.2) is 4.98 Å². The van der Waals surface area contributed by atoms with Crippen LogP contribution in [0.2, 0.25) is 0 Å². The summed E-state index contributed by atoms with van der Waals surface area (Å²) >= 11 is 0. The van der Waals surface area contributed by atoms with Crippen LogP contribution < -0.4 is 0 Å². The number of rotatable bonds is 3. The van der Waals surface area contributed by atoms with Gasteiger partial charge in [-0.3, -0.25) is 4.79 Å². The number of ketones is 1. The van der Waals surface area contributed by atoms with Crippen LogP contribution >= 0.6 is 0 Å². The molecule has 0 amide bonds. The van der Waals surface area contributed by atoms with E-state index in [1.54, 1.807) is 0 Å². The van der Waals surface area contributed by atoms with E-state index in [1.807, 2.05) is 31.5 Å². The Morgan fingerprint density at radius 1 is 1.00 bits per heavy atom. The minimum atomic E-state index is -0.470. The molecule has 2 unspecified atom stereocenters. The van der Waals surface area contributed by atoms with Gasteiger partial charge >= 0.3 is 0 Å². The lowest BCUT2D eigenvalue weighted by atomic mass is 9.44. The molecule has 1 aromatic carbocycles. The van der Waals surface area contributed by atoms with Crippen molar-refractivity contribution in [1.29, 1.82) is 0 Å². The van der Waals surface area contributed by atoms with Gasteiger partial charge in [-0.15, -0.1) is 0 Å². The molecule has 0 spiro atoms. The van der Waals surface area contributed by atoms with Gasteiger partial charge in [-0.1, -0.05) is 26.0 Å². The number of hydrogen-bond donors (Lipinski definition) is 1. The third-order valence-corrected chi connectivity index (χ3v) is 11.2. The number of aromatic nitrogens is 2. The number of carbonyl (C=O) groups is 1. The van der Waals surface area contributed by atoms with E-state index >= 15 is 0 Å². The van der Waals surface area contributed by atoms with Crippen molar-refractivity contribution >= 4 is 16.8 Å². The first-order valence-electron chi connectivity index (χ1n) is 13.4. The maximum absolute atomic E-state index is 13.7. The molecule has 4 saturated carbocycles. The maximum atomic E-state index is 13.7. The van der Waals surface area contributed by atoms with Crippen molar-refractivity contribution in [3.63, 3.8) is 0 Å². The van der Waals surface area contributed by atoms with Crippen LogP contribution in [0.4, 0.5) is 0 Å². The van der Waals surface area contributed by atoms with E-state index in [9.17, 15) is 9.90 Å². The highest BCUT2D eigenvalue weighted by molar-refractivity contribution is 5.84. The van der Waals surface area contributed by atoms with E-state index in [4.69, 9.17) is 0 Å². The molecule has 8 atom stereocenters. The predicted octanol–water partition coefficient (Wildman–Crippen LogP) is 6.02. The van der Waals surface area contributed by atoms with Crippen molar-refractivity contribution in [3.05, 3.63) is 30.6 Å². The minimum absolute atomic E-state index is 0.151. The number of nitrogens with zero attached hydrogens (tertiary/aromatic N) is 2. The highest BCUT2D eigenvalue weighted by Crippen LogP contribution is 2.68. The van der Waals surface area contributed by atoms with E-state index < -0.39 is 5.60 Å². The van der Waals surface area contributed by atoms with Crippen LogP contribution in [0.5, 0.6) is 0 Å². The lowest BCUT2D eigenvalue weighted by Gasteiger charge is -2.61. The normalized spacial score (nSPS) is 44.8. The summed E-state index contributed by atoms with van der Waals surface area (Å²) in [6, 6.07) is 8.12. The van der Waals surface area contributed by atoms with Crippen LogP contribution in [0, 0.1) is 40.4 Å². The Kier molecular flexibility index (Phi) is 4.90. The number of aliphatic hydroxyl groups is 1. The second kappa shape index (κ2) is 7.41. The molecule has 4 aliphatic carbocycles. The Morgan fingerprint density at radius 3 is 2.64 bits per heavy atom. The monoisotopic (exact) mass is 448 g/mol. The fourth-order valence-electron chi connectivity index (χ4n) is 9.37. The van der Waals surface area contributed by atoms with Crippen LogP contribution in [-0.4, -0.2) is 26.0 Å². The molecule has 4 aliphatic rings. The summed E-state index contributed by atoms with van der Waals surface area (Å²) in [6.45, 7) is 7.51. The molecule has 4 heteroatoms. The zero-order valence-electron chi connectivity index (χ0n) is 20.6. The molecule has 0 saturated heterocycles. The van der Waals surface area contributed by atoms with Gasteiger partial charge in [0.1, 0.15) is 0 Å². The first-order chi connectivity index (χ1) is 15.7. The van der Waals surface area contributed by atoms with Crippen LogP contribution in [0.3, 0.4) is 0 Å². The fraction of sp³-hybridized carbons (Fsp3) is 0.724. The predicted molar refractivity (Wildman–Crippen MR) is 131 cm³/mol. The van der Waals surface area contributed by atoms with E-state index in [0.29, 0.717) is 29.6 Å². The van der Waals surface area contributed by atoms with Gasteiger partial charge < -0.3 is 9.67 Å². The van der Waals surface area contributed by atoms with Gasteiger partial charge in [-0.2, -0.15) is 0 Å². The summed E-state index contributed by atoms with van der Waals surface area (Å²) in [5.74, 6) is 3.49. The average Bonchev–Trinajstić information content (AvgIpc) is 3.35. The van der Waals surface area contributed by atoms with E-state index in [-0.39, 0.29) is 11.3 Å². The van der Waals surface area contributed by atoms with Crippen molar-refractivity contribution in [1.82, 2.24) is 9.55 Å². The lowest BCUT2D eigenvalue weighted by molar-refractivity contribution is -0.150. The SMILES string of the molecule is CC1(O)CC[C@@]2(C)C(CC[C@H]3[C@@H]4CC[C@H](C(=O)Cn5cnc6ccccc65)[C@@]4(C)CC[C@@H]32)C1. The van der Waals surface area contributed by atoms with Crippen LogP contribution in [0.25, 0.3) is 11.0 Å². The molecule has 178 valence electrons. The number of carbonyl (C=O) groups excluding carboxylic acids is 1. The van der Waals surface area contributed by atoms with Crippen molar-refractivity contribution in [2.45, 2.75) is 90.7 Å². The fourth-order valence-corrected chi connectivity index (χ4v) is 9.37. The van der Waals surface area contributed by atoms with Crippen LogP contribution in [0.15, 0.2) is 30.6 Å². The summed E-state index contributed by atoms with van der Waals surface area (Å²) in [6.07, 6.45) is 12.2. The molecule has 4 nitrogen and oxygen atoms in total. The number of Topliss-reactive ketones (excluding diaryl/α,β-unsaturated/α-hetero) is 1. The summed E-state index contributed by atoms with van der Waals surface area (Å²) in [5.41, 5.74) is 2.09. The molecule has 0 aliphatic heterocycles. The largest absolute Gasteiger partial charge is 0.390 e. The molecule has 33 heavy (non-hydrogen) atoms. The van der Waals surface area contributed by atoms with Crippen molar-refractivity contribution in [3.8, 4) is 0 Å². The molecule has 0 radical (unpaired) electrons. The number of para-hydroxylation sites is 2. The molecule has 4 fully saturated rings. The quantitative estimate of drug-likeness (QED) is 0.625. The Morgan fingerprint density at radius 2 is 1.79 bits per heavy atom. The zero-order chi connectivity index (χ0) is 23.0. The Labute approximate surface area is 198 Å². The van der Waals surface area contributed by atoms with Crippen LogP contribution in [0.1, 0.15) is 78.6 Å². The first-order valence-corrected chi connectivity index (χ1v) is 13.4. The summed E-state index contributed by atoms with van der Waals surface area (Å²) in [5, 5.41) is 10.7. The number of fused-ring (bicyclic) bond motifs is 6. The van der Waals surface area contributed by atoms with E-state index in [2.05, 4.69) is 29.5 Å². The average molecular weight is 449 g/mol. The summed E-state index contributed by atoms with van der Waals surface area (Å²) in [4.78, 5) is 18.2. The molecule has 0 bridgehead atoms. The molecule has 1 heterocycles. The Balaban J connectivity index is 1.22. The molecule has 2 aromatic rings. The number of benzene rings is 1. The smallest absolute Gasteiger partial charge is 0.156 e. The standard InChI is InChI=1S/C29H40N2O2/c1-27(33)14-15-28(2)19(16-27)8-9-20-21-10-11-23(29(21,3)13-12-22(20)28)26(32)17-31-18-30-24-6-4-5-7-25(24)31/h4-7,18-23,33H,8-17H2,1-3H3/t19?,20-,21-,22-,23+,27?,28-,29-/m0/s1. The Bertz CT molecular complexity index is 1070. The summed E-state index contributed by atoms with van der Waals surface area (Å²) < 4.78 is 2.06.